The average Bonchev–Trinajstić information content (AvgIpc) is 2.79. The largest absolute Gasteiger partial charge is 0.380 e. The molecule has 0 aromatic carbocycles. The number of nitrogens with zero attached hydrogens (tertiary/aromatic N) is 2. The second-order valence-corrected chi connectivity index (χ2v) is 4.98. The van der Waals surface area contributed by atoms with E-state index in [1.54, 1.807) is 11.3 Å². The van der Waals surface area contributed by atoms with E-state index in [4.69, 9.17) is 4.74 Å². The van der Waals surface area contributed by atoms with E-state index in [1.165, 1.54) is 4.88 Å². The summed E-state index contributed by atoms with van der Waals surface area (Å²) in [6, 6.07) is 0.381. The summed E-state index contributed by atoms with van der Waals surface area (Å²) in [6.07, 6.45) is 1.96. The lowest BCUT2D eigenvalue weighted by Gasteiger charge is -2.15. The summed E-state index contributed by atoms with van der Waals surface area (Å²) < 4.78 is 5.34. The third-order valence-corrected chi connectivity index (χ3v) is 3.84. The van der Waals surface area contributed by atoms with Gasteiger partial charge in [-0.2, -0.15) is 0 Å². The molecule has 1 unspecified atom stereocenters. The van der Waals surface area contributed by atoms with Gasteiger partial charge in [0.05, 0.1) is 6.61 Å². The van der Waals surface area contributed by atoms with E-state index in [9.17, 15) is 0 Å². The highest BCUT2D eigenvalue weighted by Gasteiger charge is 2.11. The predicted octanol–water partition coefficient (Wildman–Crippen LogP) is 2.29. The Balaban J connectivity index is 2.48. The summed E-state index contributed by atoms with van der Waals surface area (Å²) in [5.74, 6) is 0. The van der Waals surface area contributed by atoms with Gasteiger partial charge in [0.1, 0.15) is 0 Å². The lowest BCUT2D eigenvalue weighted by atomic mass is 10.3. The van der Waals surface area contributed by atoms with Crippen molar-refractivity contribution in [3.63, 3.8) is 0 Å². The quantitative estimate of drug-likeness (QED) is 0.725. The first-order valence-corrected chi connectivity index (χ1v) is 6.98. The molecule has 0 radical (unpaired) electrons. The molecule has 0 saturated carbocycles. The van der Waals surface area contributed by atoms with Crippen molar-refractivity contribution in [1.82, 2.24) is 10.3 Å². The Kier molecular flexibility index (Phi) is 6.47. The molecule has 1 aromatic heterocycles. The number of thiazole rings is 1. The van der Waals surface area contributed by atoms with Gasteiger partial charge < -0.3 is 15.0 Å². The van der Waals surface area contributed by atoms with Crippen LogP contribution in [0.1, 0.15) is 31.7 Å². The zero-order valence-corrected chi connectivity index (χ0v) is 12.0. The molecule has 0 saturated heterocycles. The third kappa shape index (κ3) is 4.61. The summed E-state index contributed by atoms with van der Waals surface area (Å²) in [4.78, 5) is 7.87. The van der Waals surface area contributed by atoms with Crippen molar-refractivity contribution in [3.05, 3.63) is 11.1 Å². The van der Waals surface area contributed by atoms with Crippen molar-refractivity contribution in [2.24, 2.45) is 0 Å². The number of nitrogens with one attached hydrogen (secondary N) is 1. The second-order valence-electron chi connectivity index (χ2n) is 3.94. The van der Waals surface area contributed by atoms with Crippen molar-refractivity contribution >= 4 is 16.5 Å². The molecule has 1 rings (SSSR count). The molecular formula is C12H23N3OS. The first-order valence-electron chi connectivity index (χ1n) is 6.17. The van der Waals surface area contributed by atoms with Gasteiger partial charge in [0, 0.05) is 37.3 Å². The van der Waals surface area contributed by atoms with E-state index in [0.717, 1.165) is 31.4 Å². The summed E-state index contributed by atoms with van der Waals surface area (Å²) in [6.45, 7) is 9.69. The normalized spacial score (nSPS) is 12.7. The van der Waals surface area contributed by atoms with E-state index in [2.05, 4.69) is 36.1 Å². The fourth-order valence-corrected chi connectivity index (χ4v) is 2.43. The summed E-state index contributed by atoms with van der Waals surface area (Å²) >= 11 is 1.74. The van der Waals surface area contributed by atoms with Gasteiger partial charge in [0.25, 0.3) is 0 Å². The Morgan fingerprint density at radius 3 is 2.94 bits per heavy atom. The Labute approximate surface area is 108 Å². The number of hydrogen-bond donors (Lipinski definition) is 1. The zero-order valence-electron chi connectivity index (χ0n) is 11.2. The van der Waals surface area contributed by atoms with Crippen LogP contribution in [-0.4, -0.2) is 38.3 Å². The molecule has 0 fully saturated rings. The number of anilines is 1. The van der Waals surface area contributed by atoms with Crippen LogP contribution in [0.5, 0.6) is 0 Å². The Hall–Kier alpha value is -0.650. The summed E-state index contributed by atoms with van der Waals surface area (Å²) in [5, 5.41) is 4.45. The van der Waals surface area contributed by atoms with Gasteiger partial charge in [-0.15, -0.1) is 11.3 Å². The monoisotopic (exact) mass is 257 g/mol. The van der Waals surface area contributed by atoms with Gasteiger partial charge in [0.15, 0.2) is 5.13 Å². The molecule has 4 nitrogen and oxygen atoms in total. The number of rotatable bonds is 8. The Morgan fingerprint density at radius 1 is 1.53 bits per heavy atom. The molecule has 98 valence electrons. The van der Waals surface area contributed by atoms with Gasteiger partial charge in [-0.1, -0.05) is 6.92 Å². The molecule has 0 aliphatic carbocycles. The molecule has 0 aliphatic rings. The summed E-state index contributed by atoms with van der Waals surface area (Å²) in [5.41, 5.74) is 0. The second kappa shape index (κ2) is 7.63. The fourth-order valence-electron chi connectivity index (χ4n) is 1.50. The number of hydrogen-bond acceptors (Lipinski definition) is 5. The lowest BCUT2D eigenvalue weighted by molar-refractivity contribution is 0.154. The van der Waals surface area contributed by atoms with Gasteiger partial charge in [0.2, 0.25) is 0 Å². The van der Waals surface area contributed by atoms with Crippen LogP contribution in [0, 0.1) is 0 Å². The van der Waals surface area contributed by atoms with Crippen LogP contribution < -0.4 is 10.2 Å². The number of likely N-dealkylation sites (N-methyl/N-ethyl adjacent to an activating group) is 1. The molecule has 0 amide bonds. The van der Waals surface area contributed by atoms with Crippen molar-refractivity contribution in [2.45, 2.75) is 26.8 Å². The standard InChI is InChI=1S/C12H23N3OS/c1-5-13-10(3)11-9-14-12(17-11)15(4)7-8-16-6-2/h9-10,13H,5-8H2,1-4H3. The molecule has 0 bridgehead atoms. The zero-order chi connectivity index (χ0) is 12.7. The first-order chi connectivity index (χ1) is 8.19. The van der Waals surface area contributed by atoms with Crippen LogP contribution in [0.25, 0.3) is 0 Å². The van der Waals surface area contributed by atoms with Crippen molar-refractivity contribution in [3.8, 4) is 0 Å². The number of ether oxygens (including phenoxy) is 1. The minimum atomic E-state index is 0.381. The maximum atomic E-state index is 5.34. The molecule has 1 aromatic rings. The minimum Gasteiger partial charge on any atom is -0.380 e. The maximum Gasteiger partial charge on any atom is 0.185 e. The maximum absolute atomic E-state index is 5.34. The predicted molar refractivity (Wildman–Crippen MR) is 74.0 cm³/mol. The molecule has 1 atom stereocenters. The SMILES string of the molecule is CCNC(C)c1cnc(N(C)CCOCC)s1. The summed E-state index contributed by atoms with van der Waals surface area (Å²) in [7, 11) is 2.06. The molecule has 17 heavy (non-hydrogen) atoms. The van der Waals surface area contributed by atoms with Crippen molar-refractivity contribution in [2.75, 3.05) is 38.3 Å². The van der Waals surface area contributed by atoms with Crippen LogP contribution in [0.4, 0.5) is 5.13 Å². The molecule has 1 heterocycles. The first kappa shape index (κ1) is 14.4. The van der Waals surface area contributed by atoms with Crippen molar-refractivity contribution < 1.29 is 4.74 Å². The van der Waals surface area contributed by atoms with E-state index >= 15 is 0 Å². The van der Waals surface area contributed by atoms with Gasteiger partial charge in [-0.3, -0.25) is 0 Å². The van der Waals surface area contributed by atoms with E-state index in [-0.39, 0.29) is 0 Å². The van der Waals surface area contributed by atoms with Crippen LogP contribution in [0.3, 0.4) is 0 Å². The van der Waals surface area contributed by atoms with Crippen LogP contribution in [0.15, 0.2) is 6.20 Å². The highest BCUT2D eigenvalue weighted by Crippen LogP contribution is 2.26. The number of aromatic nitrogens is 1. The van der Waals surface area contributed by atoms with Gasteiger partial charge in [-0.25, -0.2) is 4.98 Å². The van der Waals surface area contributed by atoms with E-state index in [1.807, 2.05) is 13.1 Å². The lowest BCUT2D eigenvalue weighted by Crippen LogP contribution is -2.22. The molecule has 0 spiro atoms. The van der Waals surface area contributed by atoms with Gasteiger partial charge in [-0.05, 0) is 20.4 Å². The molecule has 0 aliphatic heterocycles. The van der Waals surface area contributed by atoms with E-state index in [0.29, 0.717) is 6.04 Å². The smallest absolute Gasteiger partial charge is 0.185 e. The van der Waals surface area contributed by atoms with Crippen molar-refractivity contribution in [1.29, 1.82) is 0 Å². The molecular weight excluding hydrogens is 234 g/mol. The highest BCUT2D eigenvalue weighted by molar-refractivity contribution is 7.15. The minimum absolute atomic E-state index is 0.381. The fraction of sp³-hybridized carbons (Fsp3) is 0.750. The molecule has 1 N–H and O–H groups in total. The Bertz CT molecular complexity index is 316. The van der Waals surface area contributed by atoms with E-state index < -0.39 is 0 Å². The third-order valence-electron chi connectivity index (χ3n) is 2.55. The van der Waals surface area contributed by atoms with Crippen LogP contribution in [-0.2, 0) is 4.74 Å². The molecule has 5 heteroatoms. The topological polar surface area (TPSA) is 37.4 Å². The van der Waals surface area contributed by atoms with Gasteiger partial charge >= 0.3 is 0 Å². The average molecular weight is 257 g/mol. The van der Waals surface area contributed by atoms with Crippen LogP contribution >= 0.6 is 11.3 Å². The Morgan fingerprint density at radius 2 is 2.29 bits per heavy atom. The highest BCUT2D eigenvalue weighted by atomic mass is 32.1. The van der Waals surface area contributed by atoms with Crippen LogP contribution in [0.2, 0.25) is 0 Å².